The fourth-order valence-corrected chi connectivity index (χ4v) is 2.41. The van der Waals surface area contributed by atoms with Gasteiger partial charge in [-0.2, -0.15) is 5.10 Å². The van der Waals surface area contributed by atoms with Gasteiger partial charge < -0.3 is 5.32 Å². The molecule has 0 aliphatic rings. The second-order valence-corrected chi connectivity index (χ2v) is 6.80. The van der Waals surface area contributed by atoms with Gasteiger partial charge in [-0.15, -0.1) is 0 Å². The van der Waals surface area contributed by atoms with Crippen LogP contribution >= 0.6 is 0 Å². The van der Waals surface area contributed by atoms with Crippen molar-refractivity contribution in [2.75, 3.05) is 19.3 Å². The van der Waals surface area contributed by atoms with Crippen LogP contribution in [0.3, 0.4) is 0 Å². The Balaban J connectivity index is 1.74. The molecule has 0 aliphatic heterocycles. The van der Waals surface area contributed by atoms with Crippen LogP contribution in [0, 0.1) is 5.82 Å². The number of nitrogens with one attached hydrogen (secondary N) is 2. The van der Waals surface area contributed by atoms with Gasteiger partial charge in [0, 0.05) is 24.8 Å². The van der Waals surface area contributed by atoms with E-state index in [9.17, 15) is 12.8 Å². The van der Waals surface area contributed by atoms with Gasteiger partial charge in [-0.05, 0) is 37.2 Å². The first-order valence-electron chi connectivity index (χ1n) is 6.89. The van der Waals surface area contributed by atoms with Crippen molar-refractivity contribution >= 4 is 10.0 Å². The third-order valence-electron chi connectivity index (χ3n) is 2.95. The average Bonchev–Trinajstić information content (AvgIpc) is 2.91. The molecule has 0 amide bonds. The number of rotatable bonds is 8. The maximum atomic E-state index is 12.9. The van der Waals surface area contributed by atoms with E-state index in [0.717, 1.165) is 17.5 Å². The highest BCUT2D eigenvalue weighted by Crippen LogP contribution is 2.09. The number of sulfonamides is 1. The van der Waals surface area contributed by atoms with Crippen molar-refractivity contribution in [3.05, 3.63) is 48.0 Å². The van der Waals surface area contributed by atoms with Gasteiger partial charge >= 0.3 is 0 Å². The Bertz CT molecular complexity index is 698. The van der Waals surface area contributed by atoms with Crippen molar-refractivity contribution in [2.24, 2.45) is 0 Å². The number of nitrogens with zero attached hydrogens (tertiary/aromatic N) is 2. The smallest absolute Gasteiger partial charge is 0.208 e. The van der Waals surface area contributed by atoms with Crippen LogP contribution in [-0.2, 0) is 16.6 Å². The largest absolute Gasteiger partial charge is 0.313 e. The van der Waals surface area contributed by atoms with E-state index in [1.54, 1.807) is 23.0 Å². The molecule has 0 unspecified atom stereocenters. The van der Waals surface area contributed by atoms with Crippen LogP contribution in [0.4, 0.5) is 4.39 Å². The first kappa shape index (κ1) is 16.6. The summed E-state index contributed by atoms with van der Waals surface area (Å²) in [5, 5.41) is 7.44. The molecule has 0 radical (unpaired) electrons. The second-order valence-electron chi connectivity index (χ2n) is 4.97. The van der Waals surface area contributed by atoms with Gasteiger partial charge in [-0.25, -0.2) is 22.2 Å². The molecule has 22 heavy (non-hydrogen) atoms. The highest BCUT2D eigenvalue weighted by Gasteiger charge is 2.02. The van der Waals surface area contributed by atoms with Crippen molar-refractivity contribution in [2.45, 2.75) is 13.0 Å². The molecule has 0 fully saturated rings. The van der Waals surface area contributed by atoms with Crippen LogP contribution in [0.25, 0.3) is 5.69 Å². The molecule has 2 aromatic rings. The molecule has 6 nitrogen and oxygen atoms in total. The summed E-state index contributed by atoms with van der Waals surface area (Å²) in [7, 11) is -3.11. The lowest BCUT2D eigenvalue weighted by atomic mass is 10.3. The van der Waals surface area contributed by atoms with E-state index in [1.807, 2.05) is 6.20 Å². The van der Waals surface area contributed by atoms with Crippen LogP contribution in [-0.4, -0.2) is 37.5 Å². The summed E-state index contributed by atoms with van der Waals surface area (Å²) >= 11 is 0. The zero-order valence-electron chi connectivity index (χ0n) is 12.3. The molecule has 0 saturated carbocycles. The van der Waals surface area contributed by atoms with Crippen LogP contribution in [0.15, 0.2) is 36.7 Å². The summed E-state index contributed by atoms with van der Waals surface area (Å²) in [5.74, 6) is -0.277. The van der Waals surface area contributed by atoms with E-state index in [0.29, 0.717) is 26.1 Å². The van der Waals surface area contributed by atoms with E-state index < -0.39 is 10.0 Å². The predicted octanol–water partition coefficient (Wildman–Crippen LogP) is 1.04. The van der Waals surface area contributed by atoms with Gasteiger partial charge in [0.1, 0.15) is 5.82 Å². The number of hydrogen-bond donors (Lipinski definition) is 2. The van der Waals surface area contributed by atoms with Crippen molar-refractivity contribution < 1.29 is 12.8 Å². The van der Waals surface area contributed by atoms with E-state index in [1.165, 1.54) is 12.1 Å². The fourth-order valence-electron chi connectivity index (χ4n) is 1.89. The molecule has 2 rings (SSSR count). The molecular formula is C14H19FN4O2S. The normalized spacial score (nSPS) is 11.7. The van der Waals surface area contributed by atoms with Gasteiger partial charge in [0.2, 0.25) is 10.0 Å². The standard InChI is InChI=1S/C14H19FN4O2S/c1-22(20,21)18-8-2-7-16-9-12-10-17-19(11-12)14-5-3-13(15)4-6-14/h3-6,10-11,16,18H,2,7-9H2,1H3. The molecule has 0 saturated heterocycles. The summed E-state index contributed by atoms with van der Waals surface area (Å²) in [5.41, 5.74) is 1.80. The molecule has 0 spiro atoms. The number of hydrogen-bond acceptors (Lipinski definition) is 4. The number of aromatic nitrogens is 2. The van der Waals surface area contributed by atoms with Crippen molar-refractivity contribution in [1.82, 2.24) is 19.8 Å². The second kappa shape index (κ2) is 7.48. The Kier molecular flexibility index (Phi) is 5.64. The SMILES string of the molecule is CS(=O)(=O)NCCCNCc1cnn(-c2ccc(F)cc2)c1. The molecule has 0 atom stereocenters. The van der Waals surface area contributed by atoms with E-state index in [2.05, 4.69) is 15.1 Å². The summed E-state index contributed by atoms with van der Waals surface area (Å²) in [6.45, 7) is 1.75. The van der Waals surface area contributed by atoms with Crippen LogP contribution in [0.5, 0.6) is 0 Å². The maximum absolute atomic E-state index is 12.9. The van der Waals surface area contributed by atoms with Gasteiger partial charge in [0.25, 0.3) is 0 Å². The molecule has 2 N–H and O–H groups in total. The first-order valence-corrected chi connectivity index (χ1v) is 8.78. The van der Waals surface area contributed by atoms with Gasteiger partial charge in [0.05, 0.1) is 18.1 Å². The quantitative estimate of drug-likeness (QED) is 0.711. The Morgan fingerprint density at radius 2 is 1.95 bits per heavy atom. The first-order chi connectivity index (χ1) is 10.4. The van der Waals surface area contributed by atoms with E-state index >= 15 is 0 Å². The van der Waals surface area contributed by atoms with Crippen molar-refractivity contribution in [3.63, 3.8) is 0 Å². The molecule has 1 heterocycles. The van der Waals surface area contributed by atoms with Gasteiger partial charge in [0.15, 0.2) is 0 Å². The highest BCUT2D eigenvalue weighted by molar-refractivity contribution is 7.88. The van der Waals surface area contributed by atoms with Crippen molar-refractivity contribution in [3.8, 4) is 5.69 Å². The minimum atomic E-state index is -3.11. The monoisotopic (exact) mass is 326 g/mol. The summed E-state index contributed by atoms with van der Waals surface area (Å²) in [6, 6.07) is 6.11. The predicted molar refractivity (Wildman–Crippen MR) is 82.7 cm³/mol. The third-order valence-corrected chi connectivity index (χ3v) is 3.68. The molecule has 1 aromatic carbocycles. The summed E-state index contributed by atoms with van der Waals surface area (Å²) < 4.78 is 38.7. The van der Waals surface area contributed by atoms with Gasteiger partial charge in [-0.3, -0.25) is 0 Å². The lowest BCUT2D eigenvalue weighted by Crippen LogP contribution is -2.26. The number of benzene rings is 1. The summed E-state index contributed by atoms with van der Waals surface area (Å²) in [6.07, 6.45) is 5.46. The zero-order chi connectivity index (χ0) is 16.0. The lowest BCUT2D eigenvalue weighted by molar-refractivity contribution is 0.579. The lowest BCUT2D eigenvalue weighted by Gasteiger charge is -2.04. The molecule has 0 aliphatic carbocycles. The third kappa shape index (κ3) is 5.55. The molecule has 8 heteroatoms. The maximum Gasteiger partial charge on any atom is 0.208 e. The highest BCUT2D eigenvalue weighted by atomic mass is 32.2. The average molecular weight is 326 g/mol. The Morgan fingerprint density at radius 1 is 1.23 bits per heavy atom. The van der Waals surface area contributed by atoms with E-state index in [4.69, 9.17) is 0 Å². The molecular weight excluding hydrogens is 307 g/mol. The topological polar surface area (TPSA) is 76.0 Å². The molecule has 120 valence electrons. The van der Waals surface area contributed by atoms with Crippen LogP contribution in [0.1, 0.15) is 12.0 Å². The van der Waals surface area contributed by atoms with Crippen molar-refractivity contribution in [1.29, 1.82) is 0 Å². The Morgan fingerprint density at radius 3 is 2.64 bits per heavy atom. The molecule has 1 aromatic heterocycles. The zero-order valence-corrected chi connectivity index (χ0v) is 13.1. The number of halogens is 1. The van der Waals surface area contributed by atoms with Crippen LogP contribution in [0.2, 0.25) is 0 Å². The minimum Gasteiger partial charge on any atom is -0.313 e. The molecule has 0 bridgehead atoms. The van der Waals surface area contributed by atoms with E-state index in [-0.39, 0.29) is 5.82 Å². The summed E-state index contributed by atoms with van der Waals surface area (Å²) in [4.78, 5) is 0. The van der Waals surface area contributed by atoms with Gasteiger partial charge in [-0.1, -0.05) is 0 Å². The van der Waals surface area contributed by atoms with Crippen LogP contribution < -0.4 is 10.0 Å². The Hall–Kier alpha value is -1.77. The fraction of sp³-hybridized carbons (Fsp3) is 0.357. The Labute approximate surface area is 129 Å². The minimum absolute atomic E-state index is 0.277.